The molecule has 17 heavy (non-hydrogen) atoms. The van der Waals surface area contributed by atoms with Gasteiger partial charge in [-0.1, -0.05) is 12.2 Å². The molecule has 1 atom stereocenters. The zero-order valence-corrected chi connectivity index (χ0v) is 10.4. The van der Waals surface area contributed by atoms with E-state index < -0.39 is 17.9 Å². The summed E-state index contributed by atoms with van der Waals surface area (Å²) in [7, 11) is 0. The maximum Gasteiger partial charge on any atom is 0.343 e. The summed E-state index contributed by atoms with van der Waals surface area (Å²) in [6.07, 6.45) is 3.65. The van der Waals surface area contributed by atoms with Crippen LogP contribution in [0.5, 0.6) is 0 Å². The average molecular weight is 248 g/mol. The molecule has 2 rings (SSSR count). The van der Waals surface area contributed by atoms with E-state index >= 15 is 0 Å². The van der Waals surface area contributed by atoms with Crippen LogP contribution in [0.1, 0.15) is 25.3 Å². The molecule has 3 nitrogen and oxygen atoms in total. The summed E-state index contributed by atoms with van der Waals surface area (Å²) in [6.45, 7) is 3.68. The number of rotatable bonds is 2. The Bertz CT molecular complexity index is 509. The molecule has 1 aliphatic rings. The van der Waals surface area contributed by atoms with E-state index in [1.54, 1.807) is 0 Å². The molecule has 1 fully saturated rings. The maximum atomic E-state index is 11.7. The summed E-state index contributed by atoms with van der Waals surface area (Å²) in [5.41, 5.74) is 2.05. The zero-order valence-electron chi connectivity index (χ0n) is 9.60. The first-order valence-electron chi connectivity index (χ1n) is 5.26. The van der Waals surface area contributed by atoms with E-state index in [0.717, 1.165) is 11.1 Å². The minimum Gasteiger partial charge on any atom is -0.389 e. The van der Waals surface area contributed by atoms with Gasteiger partial charge in [0, 0.05) is 0 Å². The van der Waals surface area contributed by atoms with Crippen molar-refractivity contribution in [1.82, 2.24) is 0 Å². The molecule has 4 heteroatoms. The molecule has 0 saturated carbocycles. The lowest BCUT2D eigenvalue weighted by atomic mass is 9.92. The quantitative estimate of drug-likeness (QED) is 0.459. The van der Waals surface area contributed by atoms with Crippen molar-refractivity contribution in [2.24, 2.45) is 0 Å². The molecular formula is C13H12O3S. The highest BCUT2D eigenvalue weighted by Gasteiger charge is 2.41. The molecule has 0 aromatic carbocycles. The molecule has 2 heterocycles. The van der Waals surface area contributed by atoms with Crippen LogP contribution in [-0.4, -0.2) is 11.9 Å². The van der Waals surface area contributed by atoms with Crippen molar-refractivity contribution in [2.75, 3.05) is 0 Å². The first-order valence-corrected chi connectivity index (χ1v) is 6.21. The number of allylic oxidation sites excluding steroid dienone is 3. The van der Waals surface area contributed by atoms with Crippen LogP contribution in [0, 0.1) is 0 Å². The second-order valence-electron chi connectivity index (χ2n) is 3.79. The van der Waals surface area contributed by atoms with Gasteiger partial charge in [-0.3, -0.25) is 4.79 Å². The molecule has 0 N–H and O–H groups in total. The van der Waals surface area contributed by atoms with Gasteiger partial charge in [-0.2, -0.15) is 11.3 Å². The van der Waals surface area contributed by atoms with Crippen molar-refractivity contribution >= 4 is 23.3 Å². The Morgan fingerprint density at radius 2 is 2.24 bits per heavy atom. The van der Waals surface area contributed by atoms with Crippen molar-refractivity contribution in [3.63, 3.8) is 0 Å². The number of ether oxygens (including phenoxy) is 1. The normalized spacial score (nSPS) is 23.3. The fraction of sp³-hybridized carbons (Fsp3) is 0.231. The maximum absolute atomic E-state index is 11.7. The van der Waals surface area contributed by atoms with Gasteiger partial charge in [-0.25, -0.2) is 4.79 Å². The van der Waals surface area contributed by atoms with E-state index in [4.69, 9.17) is 4.74 Å². The molecule has 1 unspecified atom stereocenters. The second-order valence-corrected chi connectivity index (χ2v) is 4.57. The molecule has 0 bridgehead atoms. The molecule has 1 aromatic rings. The van der Waals surface area contributed by atoms with Crippen LogP contribution in [0.25, 0.3) is 0 Å². The molecule has 1 saturated heterocycles. The minimum atomic E-state index is -0.565. The van der Waals surface area contributed by atoms with Gasteiger partial charge in [0.2, 0.25) is 0 Å². The number of carbonyl (C=O) groups is 2. The number of carbonyl (C=O) groups excluding carboxylic acids is 2. The highest BCUT2D eigenvalue weighted by Crippen LogP contribution is 2.35. The van der Waals surface area contributed by atoms with Crippen LogP contribution < -0.4 is 0 Å². The highest BCUT2D eigenvalue weighted by molar-refractivity contribution is 7.08. The Morgan fingerprint density at radius 3 is 2.82 bits per heavy atom. The standard InChI is InChI=1S/C13H12O3S/c1-3-4-8(2)10-11(9-5-6-17-7-9)13(15)16-12(10)14/h3-7,11H,1-2H3. The Kier molecular flexibility index (Phi) is 3.24. The Hall–Kier alpha value is -1.68. The third-order valence-corrected chi connectivity index (χ3v) is 3.36. The molecule has 0 spiro atoms. The van der Waals surface area contributed by atoms with Gasteiger partial charge in [-0.05, 0) is 41.8 Å². The predicted molar refractivity (Wildman–Crippen MR) is 65.7 cm³/mol. The SMILES string of the molecule is CC=CC(C)=C1C(=O)OC(=O)C1c1ccsc1. The van der Waals surface area contributed by atoms with Gasteiger partial charge in [0.25, 0.3) is 0 Å². The molecule has 88 valence electrons. The van der Waals surface area contributed by atoms with E-state index in [-0.39, 0.29) is 0 Å². The summed E-state index contributed by atoms with van der Waals surface area (Å²) in [5.74, 6) is -1.57. The van der Waals surface area contributed by atoms with Gasteiger partial charge < -0.3 is 4.74 Å². The van der Waals surface area contributed by atoms with Crippen LogP contribution in [-0.2, 0) is 14.3 Å². The predicted octanol–water partition coefficient (Wildman–Crippen LogP) is 2.81. The van der Waals surface area contributed by atoms with E-state index in [1.165, 1.54) is 11.3 Å². The minimum absolute atomic E-state index is 0.450. The van der Waals surface area contributed by atoms with Gasteiger partial charge in [-0.15, -0.1) is 0 Å². The molecule has 1 aliphatic heterocycles. The molecule has 1 aromatic heterocycles. The second kappa shape index (κ2) is 4.67. The number of hydrogen-bond donors (Lipinski definition) is 0. The van der Waals surface area contributed by atoms with Crippen LogP contribution in [0.2, 0.25) is 0 Å². The summed E-state index contributed by atoms with van der Waals surface area (Å²) < 4.78 is 4.71. The van der Waals surface area contributed by atoms with E-state index in [0.29, 0.717) is 5.57 Å². The Morgan fingerprint density at radius 1 is 1.47 bits per heavy atom. The summed E-state index contributed by atoms with van der Waals surface area (Å²) in [4.78, 5) is 23.4. The van der Waals surface area contributed by atoms with Crippen molar-refractivity contribution in [1.29, 1.82) is 0 Å². The third-order valence-electron chi connectivity index (χ3n) is 2.66. The third kappa shape index (κ3) is 2.08. The number of thiophene rings is 1. The summed E-state index contributed by atoms with van der Waals surface area (Å²) in [5, 5.41) is 3.75. The van der Waals surface area contributed by atoms with Crippen molar-refractivity contribution in [3.8, 4) is 0 Å². The number of esters is 2. The number of hydrogen-bond acceptors (Lipinski definition) is 4. The molecule has 0 radical (unpaired) electrons. The van der Waals surface area contributed by atoms with Crippen molar-refractivity contribution in [2.45, 2.75) is 19.8 Å². The van der Waals surface area contributed by atoms with Crippen molar-refractivity contribution < 1.29 is 14.3 Å². The fourth-order valence-electron chi connectivity index (χ4n) is 1.91. The van der Waals surface area contributed by atoms with E-state index in [1.807, 2.05) is 42.8 Å². The number of cyclic esters (lactones) is 2. The lowest BCUT2D eigenvalue weighted by Crippen LogP contribution is -2.07. The van der Waals surface area contributed by atoms with Gasteiger partial charge in [0.1, 0.15) is 5.92 Å². The van der Waals surface area contributed by atoms with Gasteiger partial charge in [0.05, 0.1) is 5.57 Å². The molecule has 0 amide bonds. The highest BCUT2D eigenvalue weighted by atomic mass is 32.1. The first-order chi connectivity index (χ1) is 8.15. The van der Waals surface area contributed by atoms with E-state index in [9.17, 15) is 9.59 Å². The van der Waals surface area contributed by atoms with Crippen molar-refractivity contribution in [3.05, 3.63) is 45.7 Å². The van der Waals surface area contributed by atoms with Gasteiger partial charge >= 0.3 is 11.9 Å². The fourth-order valence-corrected chi connectivity index (χ4v) is 2.60. The Labute approximate surface area is 103 Å². The van der Waals surface area contributed by atoms with Crippen LogP contribution in [0.3, 0.4) is 0 Å². The first kappa shape index (κ1) is 11.8. The largest absolute Gasteiger partial charge is 0.389 e. The lowest BCUT2D eigenvalue weighted by Gasteiger charge is -2.05. The topological polar surface area (TPSA) is 43.4 Å². The monoisotopic (exact) mass is 248 g/mol. The zero-order chi connectivity index (χ0) is 12.4. The van der Waals surface area contributed by atoms with Crippen LogP contribution in [0.4, 0.5) is 0 Å². The van der Waals surface area contributed by atoms with E-state index in [2.05, 4.69) is 0 Å². The molecular weight excluding hydrogens is 236 g/mol. The lowest BCUT2D eigenvalue weighted by molar-refractivity contribution is -0.151. The van der Waals surface area contributed by atoms with Gasteiger partial charge in [0.15, 0.2) is 0 Å². The smallest absolute Gasteiger partial charge is 0.343 e. The Balaban J connectivity index is 2.52. The average Bonchev–Trinajstić information content (AvgIpc) is 2.85. The van der Waals surface area contributed by atoms with Crippen LogP contribution in [0.15, 0.2) is 40.1 Å². The van der Waals surface area contributed by atoms with Crippen LogP contribution >= 0.6 is 11.3 Å². The summed E-state index contributed by atoms with van der Waals surface area (Å²) >= 11 is 1.50. The summed E-state index contributed by atoms with van der Waals surface area (Å²) in [6, 6.07) is 1.85. The molecule has 0 aliphatic carbocycles.